The van der Waals surface area contributed by atoms with Crippen LogP contribution >= 0.6 is 0 Å². The average molecular weight is 166 g/mol. The van der Waals surface area contributed by atoms with Crippen LogP contribution in [0.5, 0.6) is 0 Å². The van der Waals surface area contributed by atoms with Crippen molar-refractivity contribution >= 4 is 4.57 Å². The Balaban J connectivity index is 3.06. The molecule has 0 aliphatic carbocycles. The van der Waals surface area contributed by atoms with Crippen LogP contribution in [0.15, 0.2) is 0 Å². The second-order valence-corrected chi connectivity index (χ2v) is 2.62. The SMILES string of the molecule is CCCC[C](=[Cr])OCC. The molecule has 9 heavy (non-hydrogen) atoms. The first-order valence-electron chi connectivity index (χ1n) is 3.46. The molecule has 0 saturated carbocycles. The number of hydrogen-bond acceptors (Lipinski definition) is 1. The van der Waals surface area contributed by atoms with Crippen molar-refractivity contribution in [2.24, 2.45) is 0 Å². The maximum atomic E-state index is 5.20. The summed E-state index contributed by atoms with van der Waals surface area (Å²) in [5.41, 5.74) is 0. The second kappa shape index (κ2) is 6.48. The third-order valence-corrected chi connectivity index (χ3v) is 1.54. The summed E-state index contributed by atoms with van der Waals surface area (Å²) in [5.74, 6) is 0. The molecule has 0 fully saturated rings. The first-order chi connectivity index (χ1) is 4.31. The number of unbranched alkanes of at least 4 members (excludes halogenated alkanes) is 1. The number of ether oxygens (including phenoxy) is 1. The molecule has 0 aliphatic heterocycles. The van der Waals surface area contributed by atoms with Crippen LogP contribution in [0.1, 0.15) is 33.1 Å². The van der Waals surface area contributed by atoms with Gasteiger partial charge in [-0.25, -0.2) is 0 Å². The van der Waals surface area contributed by atoms with E-state index in [0.29, 0.717) is 0 Å². The van der Waals surface area contributed by atoms with Gasteiger partial charge in [0.25, 0.3) is 0 Å². The van der Waals surface area contributed by atoms with Crippen LogP contribution in [-0.4, -0.2) is 11.2 Å². The van der Waals surface area contributed by atoms with Gasteiger partial charge >= 0.3 is 64.9 Å². The summed E-state index contributed by atoms with van der Waals surface area (Å²) in [6.45, 7) is 4.97. The van der Waals surface area contributed by atoms with Crippen LogP contribution in [-0.2, 0) is 20.6 Å². The quantitative estimate of drug-likeness (QED) is 0.606. The van der Waals surface area contributed by atoms with Gasteiger partial charge in [-0.05, 0) is 0 Å². The predicted molar refractivity (Wildman–Crippen MR) is 36.2 cm³/mol. The van der Waals surface area contributed by atoms with Crippen LogP contribution in [0.3, 0.4) is 0 Å². The Morgan fingerprint density at radius 3 is 2.56 bits per heavy atom. The van der Waals surface area contributed by atoms with Crippen LogP contribution in [0, 0.1) is 0 Å². The van der Waals surface area contributed by atoms with Gasteiger partial charge in [0, 0.05) is 0 Å². The fourth-order valence-corrected chi connectivity index (χ4v) is 0.964. The molecule has 0 bridgehead atoms. The van der Waals surface area contributed by atoms with Gasteiger partial charge in [-0.3, -0.25) is 0 Å². The van der Waals surface area contributed by atoms with Crippen LogP contribution < -0.4 is 0 Å². The van der Waals surface area contributed by atoms with E-state index < -0.39 is 0 Å². The summed E-state index contributed by atoms with van der Waals surface area (Å²) in [6.07, 6.45) is 3.53. The topological polar surface area (TPSA) is 9.23 Å². The standard InChI is InChI=1S/C7H14O.Cr/c1-3-5-6-7-8-4-2;/h3-6H2,1-2H3;. The van der Waals surface area contributed by atoms with Crippen LogP contribution in [0.4, 0.5) is 0 Å². The van der Waals surface area contributed by atoms with Gasteiger partial charge < -0.3 is 0 Å². The Labute approximate surface area is 65.4 Å². The third kappa shape index (κ3) is 6.25. The van der Waals surface area contributed by atoms with Crippen molar-refractivity contribution in [2.45, 2.75) is 33.1 Å². The Bertz CT molecular complexity index is 81.0. The zero-order valence-electron chi connectivity index (χ0n) is 6.14. The van der Waals surface area contributed by atoms with Gasteiger partial charge in [-0.2, -0.15) is 0 Å². The van der Waals surface area contributed by atoms with Gasteiger partial charge in [0.1, 0.15) is 0 Å². The van der Waals surface area contributed by atoms with E-state index in [2.05, 4.69) is 22.8 Å². The van der Waals surface area contributed by atoms with Gasteiger partial charge in [0.2, 0.25) is 0 Å². The van der Waals surface area contributed by atoms with Crippen molar-refractivity contribution in [1.82, 2.24) is 0 Å². The Morgan fingerprint density at radius 1 is 1.44 bits per heavy atom. The van der Waals surface area contributed by atoms with E-state index in [1.807, 2.05) is 6.92 Å². The molecule has 0 unspecified atom stereocenters. The molecular weight excluding hydrogens is 152 g/mol. The molecule has 0 spiro atoms. The van der Waals surface area contributed by atoms with Crippen molar-refractivity contribution in [3.63, 3.8) is 0 Å². The van der Waals surface area contributed by atoms with Crippen LogP contribution in [0.2, 0.25) is 0 Å². The monoisotopic (exact) mass is 166 g/mol. The molecule has 0 radical (unpaired) electrons. The molecule has 0 atom stereocenters. The van der Waals surface area contributed by atoms with Gasteiger partial charge in [-0.1, -0.05) is 0 Å². The van der Waals surface area contributed by atoms with Crippen LogP contribution in [0.25, 0.3) is 0 Å². The van der Waals surface area contributed by atoms with E-state index in [-0.39, 0.29) is 0 Å². The van der Waals surface area contributed by atoms with Crippen molar-refractivity contribution < 1.29 is 20.6 Å². The van der Waals surface area contributed by atoms with Crippen molar-refractivity contribution in [1.29, 1.82) is 0 Å². The maximum absolute atomic E-state index is 5.20. The molecule has 0 N–H and O–H groups in total. The number of rotatable bonds is 5. The molecule has 0 heterocycles. The second-order valence-electron chi connectivity index (χ2n) is 1.91. The number of hydrogen-bond donors (Lipinski definition) is 0. The molecule has 1 nitrogen and oxygen atoms in total. The molecular formula is C7H14CrO. The molecule has 54 valence electrons. The Hall–Kier alpha value is 0.362. The summed E-state index contributed by atoms with van der Waals surface area (Å²) >= 11 is 2.91. The summed E-state index contributed by atoms with van der Waals surface area (Å²) in [5, 5.41) is 0. The molecule has 0 saturated heterocycles. The fourth-order valence-electron chi connectivity index (χ4n) is 0.554. The predicted octanol–water partition coefficient (Wildman–Crippen LogP) is 1.89. The minimum atomic E-state index is 0.784. The van der Waals surface area contributed by atoms with E-state index in [0.717, 1.165) is 17.6 Å². The van der Waals surface area contributed by atoms with Crippen molar-refractivity contribution in [2.75, 3.05) is 6.61 Å². The Kier molecular flexibility index (Phi) is 6.74. The molecule has 2 heteroatoms. The van der Waals surface area contributed by atoms with E-state index in [4.69, 9.17) is 4.74 Å². The van der Waals surface area contributed by atoms with Crippen molar-refractivity contribution in [3.05, 3.63) is 0 Å². The first-order valence-corrected chi connectivity index (χ1v) is 4.10. The summed E-state index contributed by atoms with van der Waals surface area (Å²) in [4.78, 5) is 0. The molecule has 0 aromatic heterocycles. The van der Waals surface area contributed by atoms with Crippen molar-refractivity contribution in [3.8, 4) is 0 Å². The normalized spacial score (nSPS) is 9.56. The van der Waals surface area contributed by atoms with Gasteiger partial charge in [0.15, 0.2) is 0 Å². The average Bonchev–Trinajstić information content (AvgIpc) is 1.85. The zero-order valence-corrected chi connectivity index (χ0v) is 7.42. The van der Waals surface area contributed by atoms with Gasteiger partial charge in [0.05, 0.1) is 0 Å². The molecule has 0 aliphatic rings. The van der Waals surface area contributed by atoms with E-state index in [1.165, 1.54) is 12.8 Å². The third-order valence-electron chi connectivity index (χ3n) is 1.04. The minimum absolute atomic E-state index is 0.784. The van der Waals surface area contributed by atoms with Gasteiger partial charge in [-0.15, -0.1) is 0 Å². The fraction of sp³-hybridized carbons (Fsp3) is 0.857. The van der Waals surface area contributed by atoms with E-state index in [1.54, 1.807) is 0 Å². The van der Waals surface area contributed by atoms with E-state index in [9.17, 15) is 0 Å². The first kappa shape index (κ1) is 9.36. The molecule has 0 aromatic carbocycles. The molecule has 0 aromatic rings. The Morgan fingerprint density at radius 2 is 2.11 bits per heavy atom. The summed E-state index contributed by atoms with van der Waals surface area (Å²) < 4.78 is 6.26. The molecule has 0 amide bonds. The summed E-state index contributed by atoms with van der Waals surface area (Å²) in [7, 11) is 0. The summed E-state index contributed by atoms with van der Waals surface area (Å²) in [6, 6.07) is 0. The van der Waals surface area contributed by atoms with E-state index >= 15 is 0 Å². The zero-order chi connectivity index (χ0) is 7.11. The molecule has 0 rings (SSSR count).